The van der Waals surface area contributed by atoms with Crippen LogP contribution in [-0.4, -0.2) is 36.6 Å². The minimum Gasteiger partial charge on any atom is -0.492 e. The first-order valence-corrected chi connectivity index (χ1v) is 8.34. The van der Waals surface area contributed by atoms with Crippen LogP contribution in [0.3, 0.4) is 0 Å². The fourth-order valence-electron chi connectivity index (χ4n) is 2.30. The van der Waals surface area contributed by atoms with Gasteiger partial charge in [-0.15, -0.1) is 20.4 Å². The molecular weight excluding hydrogens is 356 g/mol. The summed E-state index contributed by atoms with van der Waals surface area (Å²) in [5.41, 5.74) is 3.30. The Bertz CT molecular complexity index is 1020. The first-order valence-electron chi connectivity index (χ1n) is 8.34. The van der Waals surface area contributed by atoms with Crippen molar-refractivity contribution in [2.75, 3.05) is 0 Å². The van der Waals surface area contributed by atoms with Crippen LogP contribution >= 0.6 is 0 Å². The smallest absolute Gasteiger partial charge is 0.356 e. The zero-order valence-electron chi connectivity index (χ0n) is 14.7. The Labute approximate surface area is 161 Å². The van der Waals surface area contributed by atoms with Crippen molar-refractivity contribution in [2.24, 2.45) is 0 Å². The van der Waals surface area contributed by atoms with E-state index < -0.39 is 5.97 Å². The molecule has 7 nitrogen and oxygen atoms in total. The molecule has 0 saturated carbocycles. The van der Waals surface area contributed by atoms with Crippen LogP contribution in [0.4, 0.5) is 0 Å². The number of hydrogen-bond acceptors (Lipinski definition) is 6. The molecule has 0 aliphatic heterocycles. The van der Waals surface area contributed by atoms with E-state index in [2.05, 4.69) is 20.4 Å². The highest BCUT2D eigenvalue weighted by Crippen LogP contribution is 2.16. The third-order valence-electron chi connectivity index (χ3n) is 3.67. The molecule has 28 heavy (non-hydrogen) atoms. The lowest BCUT2D eigenvalue weighted by Gasteiger charge is -1.98. The Morgan fingerprint density at radius 3 is 1.50 bits per heavy atom. The number of nitrogens with zero attached hydrogens (tertiary/aromatic N) is 4. The molecule has 2 aromatic heterocycles. The molecule has 0 fully saturated rings. The fourth-order valence-corrected chi connectivity index (χ4v) is 2.30. The first kappa shape index (κ1) is 18.7. The average molecular weight is 372 g/mol. The summed E-state index contributed by atoms with van der Waals surface area (Å²) in [4.78, 5) is 10.5. The molecule has 0 unspecified atom stereocenters. The van der Waals surface area contributed by atoms with E-state index >= 15 is 0 Å². The van der Waals surface area contributed by atoms with E-state index in [1.54, 1.807) is 12.1 Å². The lowest BCUT2D eigenvalue weighted by molar-refractivity contribution is 0.0689. The van der Waals surface area contributed by atoms with Crippen LogP contribution < -0.4 is 0 Å². The van der Waals surface area contributed by atoms with Crippen LogP contribution in [0.5, 0.6) is 5.88 Å². The molecule has 0 spiro atoms. The minimum atomic E-state index is -1.07. The van der Waals surface area contributed by atoms with Crippen LogP contribution in [-0.2, 0) is 0 Å². The standard InChI is InChI=1S/C11H8N2O2.C10H8N2O/c14-11(15)10-7-6-9(12-13-10)8-4-2-1-3-5-8;13-10-7-6-9(11-12-10)8-4-2-1-3-5-8/h1-7H,(H,14,15);1-7H,(H,12,13). The topological polar surface area (TPSA) is 109 Å². The normalized spacial score (nSPS) is 9.86. The molecule has 7 heteroatoms. The van der Waals surface area contributed by atoms with Gasteiger partial charge in [0, 0.05) is 17.2 Å². The monoisotopic (exact) mass is 372 g/mol. The number of carboxylic acid groups (broad SMARTS) is 1. The SMILES string of the molecule is O=C(O)c1ccc(-c2ccccc2)nn1.Oc1ccc(-c2ccccc2)nn1. The van der Waals surface area contributed by atoms with Crippen molar-refractivity contribution in [1.29, 1.82) is 0 Å². The molecule has 138 valence electrons. The van der Waals surface area contributed by atoms with Gasteiger partial charge in [0.05, 0.1) is 11.4 Å². The summed E-state index contributed by atoms with van der Waals surface area (Å²) in [5, 5.41) is 32.4. The fraction of sp³-hybridized carbons (Fsp3) is 0. The van der Waals surface area contributed by atoms with Gasteiger partial charge in [-0.3, -0.25) is 0 Å². The van der Waals surface area contributed by atoms with E-state index in [9.17, 15) is 4.79 Å². The number of aromatic hydroxyl groups is 1. The molecule has 0 atom stereocenters. The van der Waals surface area contributed by atoms with Crippen molar-refractivity contribution in [1.82, 2.24) is 20.4 Å². The third-order valence-corrected chi connectivity index (χ3v) is 3.67. The second kappa shape index (κ2) is 9.00. The quantitative estimate of drug-likeness (QED) is 0.564. The Morgan fingerprint density at radius 2 is 1.11 bits per heavy atom. The van der Waals surface area contributed by atoms with Gasteiger partial charge in [-0.25, -0.2) is 4.79 Å². The highest BCUT2D eigenvalue weighted by Gasteiger charge is 2.05. The second-order valence-corrected chi connectivity index (χ2v) is 5.62. The summed E-state index contributed by atoms with van der Waals surface area (Å²) >= 11 is 0. The van der Waals surface area contributed by atoms with Crippen LogP contribution in [0, 0.1) is 0 Å². The molecule has 0 aliphatic carbocycles. The average Bonchev–Trinajstić information content (AvgIpc) is 2.76. The van der Waals surface area contributed by atoms with Crippen LogP contribution in [0.25, 0.3) is 22.5 Å². The molecule has 2 aromatic carbocycles. The van der Waals surface area contributed by atoms with Crippen LogP contribution in [0.1, 0.15) is 10.5 Å². The molecule has 4 aromatic rings. The Kier molecular flexibility index (Phi) is 5.99. The van der Waals surface area contributed by atoms with Gasteiger partial charge in [0.25, 0.3) is 0 Å². The highest BCUT2D eigenvalue weighted by atomic mass is 16.4. The van der Waals surface area contributed by atoms with E-state index in [-0.39, 0.29) is 11.6 Å². The lowest BCUT2D eigenvalue weighted by atomic mass is 10.1. The molecular formula is C21H16N4O3. The number of rotatable bonds is 3. The molecule has 4 rings (SSSR count). The summed E-state index contributed by atoms with van der Waals surface area (Å²) in [6, 6.07) is 25.5. The van der Waals surface area contributed by atoms with Gasteiger partial charge in [0.15, 0.2) is 5.69 Å². The molecule has 0 saturated heterocycles. The van der Waals surface area contributed by atoms with Gasteiger partial charge < -0.3 is 10.2 Å². The van der Waals surface area contributed by atoms with Crippen molar-refractivity contribution in [3.05, 3.63) is 90.6 Å². The third kappa shape index (κ3) is 4.95. The minimum absolute atomic E-state index is 0.0466. The maximum absolute atomic E-state index is 10.5. The summed E-state index contributed by atoms with van der Waals surface area (Å²) in [6.07, 6.45) is 0. The van der Waals surface area contributed by atoms with Gasteiger partial charge in [0.2, 0.25) is 5.88 Å². The number of hydrogen-bond donors (Lipinski definition) is 2. The summed E-state index contributed by atoms with van der Waals surface area (Å²) in [6.45, 7) is 0. The van der Waals surface area contributed by atoms with Gasteiger partial charge in [-0.1, -0.05) is 60.7 Å². The predicted octanol–water partition coefficient (Wildman–Crippen LogP) is 3.69. The summed E-state index contributed by atoms with van der Waals surface area (Å²) < 4.78 is 0. The maximum atomic E-state index is 10.5. The van der Waals surface area contributed by atoms with Crippen LogP contribution in [0.15, 0.2) is 84.9 Å². The number of aromatic carboxylic acids is 1. The zero-order valence-corrected chi connectivity index (χ0v) is 14.7. The van der Waals surface area contributed by atoms with Gasteiger partial charge >= 0.3 is 5.97 Å². The predicted molar refractivity (Wildman–Crippen MR) is 104 cm³/mol. The van der Waals surface area contributed by atoms with Crippen molar-refractivity contribution >= 4 is 5.97 Å². The Hall–Kier alpha value is -4.13. The Morgan fingerprint density at radius 1 is 0.607 bits per heavy atom. The molecule has 0 bridgehead atoms. The van der Waals surface area contributed by atoms with E-state index in [1.165, 1.54) is 12.1 Å². The van der Waals surface area contributed by atoms with Gasteiger partial charge in [-0.05, 0) is 18.2 Å². The molecule has 2 N–H and O–H groups in total. The highest BCUT2D eigenvalue weighted by molar-refractivity contribution is 5.85. The van der Waals surface area contributed by atoms with Crippen LogP contribution in [0.2, 0.25) is 0 Å². The lowest BCUT2D eigenvalue weighted by Crippen LogP contribution is -2.01. The number of carboxylic acids is 1. The number of aromatic nitrogens is 4. The van der Waals surface area contributed by atoms with E-state index in [0.717, 1.165) is 16.8 Å². The molecule has 2 heterocycles. The number of carbonyl (C=O) groups is 1. The summed E-state index contributed by atoms with van der Waals surface area (Å²) in [7, 11) is 0. The van der Waals surface area contributed by atoms with Gasteiger partial charge in [0.1, 0.15) is 0 Å². The molecule has 0 aliphatic rings. The van der Waals surface area contributed by atoms with Crippen molar-refractivity contribution in [3.63, 3.8) is 0 Å². The van der Waals surface area contributed by atoms with Gasteiger partial charge in [-0.2, -0.15) is 0 Å². The van der Waals surface area contributed by atoms with Crippen molar-refractivity contribution in [3.8, 4) is 28.4 Å². The van der Waals surface area contributed by atoms with E-state index in [0.29, 0.717) is 5.69 Å². The summed E-state index contributed by atoms with van der Waals surface area (Å²) in [5.74, 6) is -1.12. The molecule has 0 amide bonds. The van der Waals surface area contributed by atoms with Crippen molar-refractivity contribution < 1.29 is 15.0 Å². The number of benzene rings is 2. The first-order chi connectivity index (χ1) is 13.6. The molecule has 0 radical (unpaired) electrons. The Balaban J connectivity index is 0.000000162. The second-order valence-electron chi connectivity index (χ2n) is 5.62. The maximum Gasteiger partial charge on any atom is 0.356 e. The zero-order chi connectivity index (χ0) is 19.8. The van der Waals surface area contributed by atoms with E-state index in [1.807, 2.05) is 60.7 Å². The van der Waals surface area contributed by atoms with E-state index in [4.69, 9.17) is 10.2 Å². The van der Waals surface area contributed by atoms with Crippen molar-refractivity contribution in [2.45, 2.75) is 0 Å². The largest absolute Gasteiger partial charge is 0.492 e.